The van der Waals surface area contributed by atoms with Crippen molar-refractivity contribution in [3.05, 3.63) is 64.4 Å². The number of carbonyl (C=O) groups excluding carboxylic acids is 3. The van der Waals surface area contributed by atoms with Crippen molar-refractivity contribution in [2.24, 2.45) is 5.41 Å². The van der Waals surface area contributed by atoms with E-state index in [1.165, 1.54) is 18.9 Å². The number of thioether (sulfide) groups is 1. The van der Waals surface area contributed by atoms with Gasteiger partial charge in [0.05, 0.1) is 42.5 Å². The molecule has 1 unspecified atom stereocenters. The molecule has 0 spiro atoms. The Hall–Kier alpha value is -3.38. The summed E-state index contributed by atoms with van der Waals surface area (Å²) in [5.41, 5.74) is 1.27. The summed E-state index contributed by atoms with van der Waals surface area (Å²) >= 11 is 13.6. The Morgan fingerprint density at radius 2 is 1.75 bits per heavy atom. The number of aromatic nitrogens is 2. The van der Waals surface area contributed by atoms with E-state index in [2.05, 4.69) is 20.6 Å². The maximum Gasteiger partial charge on any atom is 0.313 e. The van der Waals surface area contributed by atoms with Gasteiger partial charge in [0.1, 0.15) is 6.42 Å². The second kappa shape index (κ2) is 15.6. The lowest BCUT2D eigenvalue weighted by Crippen LogP contribution is -2.56. The quantitative estimate of drug-likeness (QED) is 0.108. The van der Waals surface area contributed by atoms with E-state index in [-0.39, 0.29) is 36.5 Å². The Kier molecular flexibility index (Phi) is 11.9. The van der Waals surface area contributed by atoms with Gasteiger partial charge in [-0.3, -0.25) is 14.4 Å². The fraction of sp³-hybridized carbons (Fsp3) is 0.387. The van der Waals surface area contributed by atoms with Gasteiger partial charge in [0.25, 0.3) is 0 Å². The third-order valence-corrected chi connectivity index (χ3v) is 9.21. The van der Waals surface area contributed by atoms with Crippen LogP contribution in [-0.4, -0.2) is 73.8 Å². The molecule has 10 nitrogen and oxygen atoms in total. The van der Waals surface area contributed by atoms with Crippen LogP contribution in [0.3, 0.4) is 0 Å². The van der Waals surface area contributed by atoms with Crippen LogP contribution in [0.15, 0.2) is 53.9 Å². The van der Waals surface area contributed by atoms with Crippen molar-refractivity contribution in [3.63, 3.8) is 0 Å². The molecule has 2 atom stereocenters. The molecule has 3 aromatic rings. The number of halogens is 2. The molecule has 1 aliphatic rings. The molecule has 0 aliphatic carbocycles. The first-order valence-electron chi connectivity index (χ1n) is 13.9. The molecule has 2 N–H and O–H groups in total. The summed E-state index contributed by atoms with van der Waals surface area (Å²) in [4.78, 5) is 47.9. The highest BCUT2D eigenvalue weighted by Crippen LogP contribution is 2.36. The number of nitrogens with one attached hydrogen (secondary N) is 2. The number of ketones is 1. The molecule has 1 aromatic heterocycles. The number of rotatable bonds is 14. The first-order chi connectivity index (χ1) is 21.2. The van der Waals surface area contributed by atoms with Crippen LogP contribution in [0.2, 0.25) is 10.0 Å². The fourth-order valence-corrected chi connectivity index (χ4v) is 6.18. The normalized spacial score (nSPS) is 15.7. The van der Waals surface area contributed by atoms with Crippen molar-refractivity contribution in [1.82, 2.24) is 20.6 Å². The van der Waals surface area contributed by atoms with Crippen molar-refractivity contribution in [1.29, 1.82) is 0 Å². The zero-order chi connectivity index (χ0) is 31.7. The molecule has 0 radical (unpaired) electrons. The van der Waals surface area contributed by atoms with Gasteiger partial charge in [-0.15, -0.1) is 0 Å². The minimum atomic E-state index is -1.13. The molecule has 0 saturated carbocycles. The smallest absolute Gasteiger partial charge is 0.313 e. The maximum atomic E-state index is 13.8. The summed E-state index contributed by atoms with van der Waals surface area (Å²) in [7, 11) is 4.38. The number of benzene rings is 2. The third kappa shape index (κ3) is 8.20. The van der Waals surface area contributed by atoms with E-state index < -0.39 is 17.8 Å². The molecule has 1 amide bonds. The van der Waals surface area contributed by atoms with E-state index >= 15 is 0 Å². The van der Waals surface area contributed by atoms with Crippen molar-refractivity contribution in [2.45, 2.75) is 36.9 Å². The van der Waals surface area contributed by atoms with Gasteiger partial charge in [0, 0.05) is 30.5 Å². The molecule has 13 heteroatoms. The van der Waals surface area contributed by atoms with Crippen LogP contribution in [0, 0.1) is 5.41 Å². The molecule has 2 heterocycles. The maximum absolute atomic E-state index is 13.8. The lowest BCUT2D eigenvalue weighted by Gasteiger charge is -2.38. The van der Waals surface area contributed by atoms with E-state index in [0.717, 1.165) is 29.7 Å². The number of amides is 1. The average Bonchev–Trinajstić information content (AvgIpc) is 3.59. The number of hydrogen-bond acceptors (Lipinski definition) is 10. The van der Waals surface area contributed by atoms with Crippen LogP contribution in [0.5, 0.6) is 11.5 Å². The van der Waals surface area contributed by atoms with E-state index in [1.807, 2.05) is 12.1 Å². The number of carbonyl (C=O) groups is 3. The number of esters is 1. The van der Waals surface area contributed by atoms with Gasteiger partial charge in [0.2, 0.25) is 5.91 Å². The highest BCUT2D eigenvalue weighted by molar-refractivity contribution is 7.99. The predicted octanol–water partition coefficient (Wildman–Crippen LogP) is 4.79. The lowest BCUT2D eigenvalue weighted by atomic mass is 9.70. The summed E-state index contributed by atoms with van der Waals surface area (Å²) < 4.78 is 15.5. The molecular formula is C31H34Cl2N4O6S. The fourth-order valence-electron chi connectivity index (χ4n) is 5.24. The summed E-state index contributed by atoms with van der Waals surface area (Å²) in [6.45, 7) is 0.735. The van der Waals surface area contributed by atoms with Crippen molar-refractivity contribution >= 4 is 52.6 Å². The van der Waals surface area contributed by atoms with Gasteiger partial charge >= 0.3 is 5.97 Å². The SMILES string of the molecule is COC(=O)CC(=O)[C@@](CNC(=O)CSc1ncc(-c2ccc(OC)c(OC)c2)cn1)(Cc1ccc(Cl)c(Cl)c1)C1CCCN1. The van der Waals surface area contributed by atoms with E-state index in [1.54, 1.807) is 50.9 Å². The predicted molar refractivity (Wildman–Crippen MR) is 170 cm³/mol. The first-order valence-corrected chi connectivity index (χ1v) is 15.6. The summed E-state index contributed by atoms with van der Waals surface area (Å²) in [6.07, 6.45) is 4.74. The number of nitrogens with zero attached hydrogens (tertiary/aromatic N) is 2. The van der Waals surface area contributed by atoms with Crippen LogP contribution >= 0.6 is 35.0 Å². The van der Waals surface area contributed by atoms with E-state index in [4.69, 9.17) is 37.4 Å². The van der Waals surface area contributed by atoms with Crippen molar-refractivity contribution in [2.75, 3.05) is 40.2 Å². The standard InChI is InChI=1S/C31H34Cl2N4O6S/c1-41-24-9-7-20(12-25(24)42-2)21-15-35-30(36-16-21)44-17-28(39)37-18-31(26-5-4-10-34-26,27(38)13-29(40)43-3)14-19-6-8-22(32)23(33)11-19/h6-9,11-12,15-16,26,34H,4-5,10,13-14,17-18H2,1-3H3,(H,37,39)/t26?,31-/m1/s1. The molecule has 44 heavy (non-hydrogen) atoms. The Bertz CT molecular complexity index is 1490. The van der Waals surface area contributed by atoms with Crippen molar-refractivity contribution < 1.29 is 28.6 Å². The highest BCUT2D eigenvalue weighted by atomic mass is 35.5. The molecule has 4 rings (SSSR count). The molecule has 1 fully saturated rings. The van der Waals surface area contributed by atoms with Gasteiger partial charge in [-0.05, 0) is 61.2 Å². The first kappa shape index (κ1) is 33.5. The van der Waals surface area contributed by atoms with Crippen LogP contribution in [0.4, 0.5) is 0 Å². The zero-order valence-electron chi connectivity index (χ0n) is 24.7. The lowest BCUT2D eigenvalue weighted by molar-refractivity contribution is -0.146. The molecular weight excluding hydrogens is 627 g/mol. The Labute approximate surface area is 270 Å². The average molecular weight is 662 g/mol. The summed E-state index contributed by atoms with van der Waals surface area (Å²) in [5, 5.41) is 7.52. The second-order valence-electron chi connectivity index (χ2n) is 10.3. The number of methoxy groups -OCH3 is 3. The van der Waals surface area contributed by atoms with Gasteiger partial charge in [-0.1, -0.05) is 47.1 Å². The number of hydrogen-bond donors (Lipinski definition) is 2. The van der Waals surface area contributed by atoms with Crippen LogP contribution in [-0.2, 0) is 25.5 Å². The van der Waals surface area contributed by atoms with Gasteiger partial charge in [-0.2, -0.15) is 0 Å². The molecule has 0 bridgehead atoms. The largest absolute Gasteiger partial charge is 0.493 e. The van der Waals surface area contributed by atoms with Gasteiger partial charge in [-0.25, -0.2) is 9.97 Å². The van der Waals surface area contributed by atoms with E-state index in [0.29, 0.717) is 33.1 Å². The van der Waals surface area contributed by atoms with E-state index in [9.17, 15) is 14.4 Å². The molecule has 234 valence electrons. The molecule has 2 aromatic carbocycles. The Morgan fingerprint density at radius 1 is 1.00 bits per heavy atom. The second-order valence-corrected chi connectivity index (χ2v) is 12.1. The number of Topliss-reactive ketones (excluding diaryl/α,β-unsaturated/α-hetero) is 1. The third-order valence-electron chi connectivity index (χ3n) is 7.60. The van der Waals surface area contributed by atoms with Gasteiger partial charge < -0.3 is 24.8 Å². The minimum Gasteiger partial charge on any atom is -0.493 e. The summed E-state index contributed by atoms with van der Waals surface area (Å²) in [5.74, 6) is -0.0221. The van der Waals surface area contributed by atoms with Crippen LogP contribution in [0.25, 0.3) is 11.1 Å². The Morgan fingerprint density at radius 3 is 2.39 bits per heavy atom. The topological polar surface area (TPSA) is 129 Å². The molecule has 1 aliphatic heterocycles. The zero-order valence-corrected chi connectivity index (χ0v) is 27.0. The van der Waals surface area contributed by atoms with Crippen LogP contribution < -0.4 is 20.1 Å². The monoisotopic (exact) mass is 660 g/mol. The number of ether oxygens (including phenoxy) is 3. The van der Waals surface area contributed by atoms with Gasteiger partial charge in [0.15, 0.2) is 22.4 Å². The minimum absolute atomic E-state index is 0.0131. The van der Waals surface area contributed by atoms with Crippen LogP contribution in [0.1, 0.15) is 24.8 Å². The highest BCUT2D eigenvalue weighted by Gasteiger charge is 2.47. The van der Waals surface area contributed by atoms with Crippen molar-refractivity contribution in [3.8, 4) is 22.6 Å². The molecule has 1 saturated heterocycles. The summed E-state index contributed by atoms with van der Waals surface area (Å²) in [6, 6.07) is 10.4. The Balaban J connectivity index is 1.47.